The van der Waals surface area contributed by atoms with Crippen molar-refractivity contribution in [3.05, 3.63) is 40.0 Å². The van der Waals surface area contributed by atoms with Gasteiger partial charge in [-0.25, -0.2) is 13.1 Å². The van der Waals surface area contributed by atoms with Gasteiger partial charge in [-0.3, -0.25) is 0 Å². The molecule has 0 amide bonds. The van der Waals surface area contributed by atoms with E-state index in [1.165, 1.54) is 6.07 Å². The van der Waals surface area contributed by atoms with E-state index in [9.17, 15) is 8.42 Å². The van der Waals surface area contributed by atoms with Gasteiger partial charge in [0.15, 0.2) is 5.82 Å². The number of halogens is 1. The van der Waals surface area contributed by atoms with E-state index in [2.05, 4.69) is 30.8 Å². The molecule has 0 aliphatic rings. The van der Waals surface area contributed by atoms with Crippen molar-refractivity contribution < 1.29 is 12.9 Å². The molecule has 0 spiro atoms. The molecule has 2 rings (SSSR count). The fraction of sp³-hybridized carbons (Fsp3) is 0.273. The van der Waals surface area contributed by atoms with Gasteiger partial charge in [-0.1, -0.05) is 11.2 Å². The number of nitrogens with one attached hydrogen (secondary N) is 1. The van der Waals surface area contributed by atoms with Crippen molar-refractivity contribution in [2.45, 2.75) is 24.9 Å². The molecule has 7 nitrogen and oxygen atoms in total. The lowest BCUT2D eigenvalue weighted by Crippen LogP contribution is -2.24. The van der Waals surface area contributed by atoms with Crippen LogP contribution in [0.15, 0.2) is 32.1 Å². The van der Waals surface area contributed by atoms with Gasteiger partial charge in [0.05, 0.1) is 11.4 Å². The Morgan fingerprint density at radius 3 is 2.80 bits per heavy atom. The number of rotatable bonds is 5. The summed E-state index contributed by atoms with van der Waals surface area (Å²) in [4.78, 5) is 4.05. The summed E-state index contributed by atoms with van der Waals surface area (Å²) >= 11 is 3.21. The van der Waals surface area contributed by atoms with Crippen molar-refractivity contribution in [2.75, 3.05) is 0 Å². The van der Waals surface area contributed by atoms with Gasteiger partial charge in [0.2, 0.25) is 15.9 Å². The molecule has 0 aliphatic heterocycles. The quantitative estimate of drug-likeness (QED) is 0.824. The van der Waals surface area contributed by atoms with Gasteiger partial charge in [0.1, 0.15) is 0 Å². The number of nitrogens with zero attached hydrogens (tertiary/aromatic N) is 2. The van der Waals surface area contributed by atoms with E-state index in [1.807, 2.05) is 0 Å². The van der Waals surface area contributed by atoms with Crippen LogP contribution in [0.1, 0.15) is 17.3 Å². The fourth-order valence-electron chi connectivity index (χ4n) is 1.53. The molecule has 0 saturated carbocycles. The first-order valence-corrected chi connectivity index (χ1v) is 7.97. The summed E-state index contributed by atoms with van der Waals surface area (Å²) in [6.07, 6.45) is 0. The lowest BCUT2D eigenvalue weighted by molar-refractivity contribution is 0.372. The van der Waals surface area contributed by atoms with E-state index in [-0.39, 0.29) is 23.9 Å². The summed E-state index contributed by atoms with van der Waals surface area (Å²) in [5.41, 5.74) is 6.24. The van der Waals surface area contributed by atoms with Crippen molar-refractivity contribution in [1.29, 1.82) is 0 Å². The van der Waals surface area contributed by atoms with E-state index in [1.54, 1.807) is 19.1 Å². The molecule has 1 heterocycles. The van der Waals surface area contributed by atoms with Gasteiger partial charge in [-0.2, -0.15) is 4.98 Å². The Bertz CT molecular complexity index is 714. The van der Waals surface area contributed by atoms with Crippen molar-refractivity contribution in [3.63, 3.8) is 0 Å². The topological polar surface area (TPSA) is 111 Å². The zero-order valence-corrected chi connectivity index (χ0v) is 13.0. The van der Waals surface area contributed by atoms with Gasteiger partial charge in [0, 0.05) is 11.0 Å². The highest BCUT2D eigenvalue weighted by Gasteiger charge is 2.19. The molecule has 1 aromatic heterocycles. The Balaban J connectivity index is 2.21. The smallest absolute Gasteiger partial charge is 0.242 e. The van der Waals surface area contributed by atoms with Crippen LogP contribution >= 0.6 is 15.9 Å². The minimum absolute atomic E-state index is 0.0670. The highest BCUT2D eigenvalue weighted by molar-refractivity contribution is 9.10. The molecule has 3 N–H and O–H groups in total. The van der Waals surface area contributed by atoms with E-state index in [0.29, 0.717) is 10.3 Å². The van der Waals surface area contributed by atoms with Crippen LogP contribution in [-0.4, -0.2) is 18.6 Å². The number of aryl methyl sites for hydroxylation is 1. The van der Waals surface area contributed by atoms with Crippen molar-refractivity contribution in [3.8, 4) is 0 Å². The third-order valence-corrected chi connectivity index (χ3v) is 4.90. The number of benzene rings is 1. The molecule has 0 unspecified atom stereocenters. The lowest BCUT2D eigenvalue weighted by Gasteiger charge is -2.08. The average Bonchev–Trinajstić information content (AvgIpc) is 2.83. The van der Waals surface area contributed by atoms with Gasteiger partial charge in [0.25, 0.3) is 0 Å². The zero-order valence-electron chi connectivity index (χ0n) is 10.6. The Hall–Kier alpha value is -1.29. The molecule has 0 atom stereocenters. The lowest BCUT2D eigenvalue weighted by atomic mass is 10.2. The minimum atomic E-state index is -3.69. The van der Waals surface area contributed by atoms with Gasteiger partial charge >= 0.3 is 0 Å². The molecule has 108 valence electrons. The molecule has 0 radical (unpaired) electrons. The second-order valence-electron chi connectivity index (χ2n) is 4.03. The number of aromatic nitrogens is 2. The predicted octanol–water partition coefficient (Wildman–Crippen LogP) is 1.08. The predicted molar refractivity (Wildman–Crippen MR) is 75.1 cm³/mol. The Morgan fingerprint density at radius 1 is 1.45 bits per heavy atom. The van der Waals surface area contributed by atoms with Gasteiger partial charge < -0.3 is 10.3 Å². The molecule has 0 aliphatic carbocycles. The van der Waals surface area contributed by atoms with Crippen LogP contribution in [0.25, 0.3) is 0 Å². The normalized spacial score (nSPS) is 11.8. The fourth-order valence-corrected chi connectivity index (χ4v) is 3.51. The Morgan fingerprint density at radius 2 is 2.20 bits per heavy atom. The van der Waals surface area contributed by atoms with E-state index in [0.717, 1.165) is 5.56 Å². The highest BCUT2D eigenvalue weighted by Crippen LogP contribution is 2.23. The van der Waals surface area contributed by atoms with Gasteiger partial charge in [-0.05, 0) is 40.5 Å². The first-order chi connectivity index (χ1) is 9.42. The SMILES string of the molecule is Cc1noc(CNS(=O)(=O)c2cc(CN)ccc2Br)n1. The Kier molecular flexibility index (Phi) is 4.53. The van der Waals surface area contributed by atoms with Crippen molar-refractivity contribution in [2.24, 2.45) is 5.73 Å². The third kappa shape index (κ3) is 3.42. The second kappa shape index (κ2) is 6.00. The summed E-state index contributed by atoms with van der Waals surface area (Å²) in [6, 6.07) is 4.92. The number of hydrogen-bond donors (Lipinski definition) is 2. The van der Waals surface area contributed by atoms with Crippen LogP contribution in [0.4, 0.5) is 0 Å². The number of hydrogen-bond acceptors (Lipinski definition) is 6. The molecular formula is C11H13BrN4O3S. The summed E-state index contributed by atoms with van der Waals surface area (Å²) in [5.74, 6) is 0.655. The summed E-state index contributed by atoms with van der Waals surface area (Å²) < 4.78 is 32.2. The van der Waals surface area contributed by atoms with Crippen LogP contribution < -0.4 is 10.5 Å². The molecular weight excluding hydrogens is 348 g/mol. The summed E-state index contributed by atoms with van der Waals surface area (Å²) in [7, 11) is -3.69. The molecule has 9 heteroatoms. The zero-order chi connectivity index (χ0) is 14.8. The van der Waals surface area contributed by atoms with Crippen LogP contribution in [0.2, 0.25) is 0 Å². The molecule has 0 saturated heterocycles. The van der Waals surface area contributed by atoms with Gasteiger partial charge in [-0.15, -0.1) is 0 Å². The summed E-state index contributed by atoms with van der Waals surface area (Å²) in [5, 5.41) is 3.59. The molecule has 20 heavy (non-hydrogen) atoms. The average molecular weight is 361 g/mol. The molecule has 0 fully saturated rings. The highest BCUT2D eigenvalue weighted by atomic mass is 79.9. The standard InChI is InChI=1S/C11H13BrN4O3S/c1-7-15-11(19-16-7)6-14-20(17,18)10-4-8(5-13)2-3-9(10)12/h2-4,14H,5-6,13H2,1H3. The van der Waals surface area contributed by atoms with E-state index < -0.39 is 10.0 Å². The van der Waals surface area contributed by atoms with E-state index in [4.69, 9.17) is 10.3 Å². The maximum atomic E-state index is 12.2. The molecule has 1 aromatic carbocycles. The maximum Gasteiger partial charge on any atom is 0.242 e. The minimum Gasteiger partial charge on any atom is -0.338 e. The monoisotopic (exact) mass is 360 g/mol. The largest absolute Gasteiger partial charge is 0.338 e. The molecule has 2 aromatic rings. The summed E-state index contributed by atoms with van der Waals surface area (Å²) in [6.45, 7) is 1.85. The van der Waals surface area contributed by atoms with Crippen LogP contribution in [-0.2, 0) is 23.1 Å². The third-order valence-electron chi connectivity index (χ3n) is 2.50. The van der Waals surface area contributed by atoms with Crippen LogP contribution in [0.5, 0.6) is 0 Å². The number of sulfonamides is 1. The van der Waals surface area contributed by atoms with Crippen molar-refractivity contribution >= 4 is 26.0 Å². The number of nitrogens with two attached hydrogens (primary N) is 1. The first kappa shape index (κ1) is 15.1. The van der Waals surface area contributed by atoms with Crippen LogP contribution in [0, 0.1) is 6.92 Å². The van der Waals surface area contributed by atoms with Crippen molar-refractivity contribution in [1.82, 2.24) is 14.9 Å². The second-order valence-corrected chi connectivity index (χ2v) is 6.62. The Labute approximate surface area is 124 Å². The van der Waals surface area contributed by atoms with E-state index >= 15 is 0 Å². The van der Waals surface area contributed by atoms with Crippen LogP contribution in [0.3, 0.4) is 0 Å². The molecule has 0 bridgehead atoms. The maximum absolute atomic E-state index is 12.2. The first-order valence-electron chi connectivity index (χ1n) is 5.70.